The summed E-state index contributed by atoms with van der Waals surface area (Å²) >= 11 is 0. The Morgan fingerprint density at radius 3 is 1.38 bits per heavy atom. The molecule has 5 aromatic carbocycles. The number of esters is 1. The highest BCUT2D eigenvalue weighted by molar-refractivity contribution is 6.34. The predicted octanol–water partition coefficient (Wildman–Crippen LogP) is 4.16. The number of ether oxygens (including phenoxy) is 1. The van der Waals surface area contributed by atoms with Crippen molar-refractivity contribution in [3.05, 3.63) is 154 Å². The molecule has 0 aromatic heterocycles. The Hall–Kier alpha value is -6.95. The third-order valence-corrected chi connectivity index (χ3v) is 9.45. The Morgan fingerprint density at radius 1 is 0.635 bits per heavy atom. The fraction of sp³-hybridized carbons (Fsp3) is 0.125. The van der Waals surface area contributed by atoms with E-state index in [0.29, 0.717) is 26.5 Å². The first-order valence-electron chi connectivity index (χ1n) is 16.2. The molecule has 0 saturated carbocycles. The van der Waals surface area contributed by atoms with Gasteiger partial charge in [0.25, 0.3) is 23.6 Å². The van der Waals surface area contributed by atoms with Crippen LogP contribution in [0.25, 0.3) is 10.8 Å². The largest absolute Gasteiger partial charge is 0.480 e. The van der Waals surface area contributed by atoms with Crippen LogP contribution >= 0.6 is 0 Å². The summed E-state index contributed by atoms with van der Waals surface area (Å²) in [5, 5.41) is 13.6. The first-order valence-corrected chi connectivity index (χ1v) is 16.2. The number of aliphatic carboxylic acids is 1. The van der Waals surface area contributed by atoms with Crippen LogP contribution in [0.2, 0.25) is 0 Å². The standard InChI is InChI=1S/C40H29N3O9/c1-52-32(45)22-42-35(46)26-17-19-28-34-29(20-18-27(33(26)34)36(42)47)38(49)43(37(28)48)30(39(50)51)21-31(44)41-40(23-11-5-2-6-12-23,24-13-7-3-8-14-24)25-15-9-4-10-16-25/h2-20,30H,21-22H2,1H3,(H,41,44)(H,50,51)/t30-/m0/s1. The lowest BCUT2D eigenvalue weighted by molar-refractivity contribution is -0.144. The number of carbonyl (C=O) groups excluding carboxylic acids is 6. The Labute approximate surface area is 296 Å². The zero-order valence-electron chi connectivity index (χ0n) is 27.6. The van der Waals surface area contributed by atoms with Gasteiger partial charge in [-0.05, 0) is 41.0 Å². The number of benzene rings is 5. The maximum absolute atomic E-state index is 14.2. The van der Waals surface area contributed by atoms with Gasteiger partial charge in [-0.2, -0.15) is 0 Å². The van der Waals surface area contributed by atoms with Crippen LogP contribution in [0.15, 0.2) is 115 Å². The van der Waals surface area contributed by atoms with Crippen LogP contribution in [-0.4, -0.2) is 76.1 Å². The van der Waals surface area contributed by atoms with Crippen LogP contribution in [-0.2, 0) is 24.7 Å². The molecule has 2 aliphatic rings. The number of nitrogens with one attached hydrogen (secondary N) is 1. The van der Waals surface area contributed by atoms with Gasteiger partial charge < -0.3 is 15.2 Å². The van der Waals surface area contributed by atoms with Crippen molar-refractivity contribution in [2.75, 3.05) is 13.7 Å². The van der Waals surface area contributed by atoms with Crippen LogP contribution in [0, 0.1) is 0 Å². The number of rotatable bonds is 10. The highest BCUT2D eigenvalue weighted by Crippen LogP contribution is 2.40. The summed E-state index contributed by atoms with van der Waals surface area (Å²) in [5.41, 5.74) is 0.441. The smallest absolute Gasteiger partial charge is 0.327 e. The molecule has 5 amide bonds. The van der Waals surface area contributed by atoms with E-state index in [1.54, 1.807) is 0 Å². The lowest BCUT2D eigenvalue weighted by atomic mass is 9.77. The van der Waals surface area contributed by atoms with Gasteiger partial charge in [0.05, 0.1) is 13.5 Å². The van der Waals surface area contributed by atoms with E-state index in [1.807, 2.05) is 91.0 Å². The van der Waals surface area contributed by atoms with E-state index in [-0.39, 0.29) is 33.0 Å². The minimum atomic E-state index is -1.94. The van der Waals surface area contributed by atoms with E-state index in [2.05, 4.69) is 10.1 Å². The fourth-order valence-corrected chi connectivity index (χ4v) is 7.07. The molecular weight excluding hydrogens is 666 g/mol. The topological polar surface area (TPSA) is 167 Å². The van der Waals surface area contributed by atoms with E-state index in [4.69, 9.17) is 0 Å². The molecule has 258 valence electrons. The van der Waals surface area contributed by atoms with E-state index in [1.165, 1.54) is 24.3 Å². The van der Waals surface area contributed by atoms with Gasteiger partial charge in [-0.1, -0.05) is 91.0 Å². The molecular formula is C40H29N3O9. The van der Waals surface area contributed by atoms with Gasteiger partial charge in [-0.3, -0.25) is 38.6 Å². The van der Waals surface area contributed by atoms with E-state index >= 15 is 0 Å². The zero-order chi connectivity index (χ0) is 36.7. The molecule has 0 unspecified atom stereocenters. The zero-order valence-corrected chi connectivity index (χ0v) is 27.6. The number of carbonyl (C=O) groups is 7. The van der Waals surface area contributed by atoms with Crippen LogP contribution in [0.5, 0.6) is 0 Å². The Bertz CT molecular complexity index is 2160. The molecule has 0 spiro atoms. The molecule has 2 heterocycles. The average Bonchev–Trinajstić information content (AvgIpc) is 3.17. The van der Waals surface area contributed by atoms with Gasteiger partial charge >= 0.3 is 11.9 Å². The molecule has 52 heavy (non-hydrogen) atoms. The van der Waals surface area contributed by atoms with Crippen molar-refractivity contribution in [3.8, 4) is 0 Å². The summed E-state index contributed by atoms with van der Waals surface area (Å²) in [6, 6.07) is 30.6. The summed E-state index contributed by atoms with van der Waals surface area (Å²) < 4.78 is 4.62. The van der Waals surface area contributed by atoms with Crippen molar-refractivity contribution >= 4 is 52.2 Å². The van der Waals surface area contributed by atoms with Gasteiger partial charge in [-0.15, -0.1) is 0 Å². The van der Waals surface area contributed by atoms with Crippen molar-refractivity contribution in [1.29, 1.82) is 0 Å². The molecule has 1 atom stereocenters. The monoisotopic (exact) mass is 695 g/mol. The quantitative estimate of drug-likeness (QED) is 0.124. The lowest BCUT2D eigenvalue weighted by Gasteiger charge is -2.38. The average molecular weight is 696 g/mol. The number of imide groups is 2. The number of nitrogens with zero attached hydrogens (tertiary/aromatic N) is 2. The minimum Gasteiger partial charge on any atom is -0.480 e. The third kappa shape index (κ3) is 5.28. The molecule has 0 saturated heterocycles. The lowest BCUT2D eigenvalue weighted by Crippen LogP contribution is -2.54. The molecule has 5 aromatic rings. The summed E-state index contributed by atoms with van der Waals surface area (Å²) in [5.74, 6) is -6.87. The number of methoxy groups -OCH3 is 1. The van der Waals surface area contributed by atoms with E-state index in [0.717, 1.165) is 7.11 Å². The Kier molecular flexibility index (Phi) is 8.43. The van der Waals surface area contributed by atoms with E-state index in [9.17, 15) is 38.7 Å². The van der Waals surface area contributed by atoms with Crippen LogP contribution in [0.3, 0.4) is 0 Å². The maximum Gasteiger partial charge on any atom is 0.327 e. The molecule has 2 N–H and O–H groups in total. The molecule has 7 rings (SSSR count). The summed E-state index contributed by atoms with van der Waals surface area (Å²) in [7, 11) is 1.11. The van der Waals surface area contributed by atoms with E-state index < -0.39 is 66.0 Å². The van der Waals surface area contributed by atoms with Gasteiger partial charge in [0, 0.05) is 33.0 Å². The molecule has 0 radical (unpaired) electrons. The molecule has 12 heteroatoms. The Balaban J connectivity index is 1.27. The molecule has 2 aliphatic heterocycles. The van der Waals surface area contributed by atoms with Gasteiger partial charge in [-0.25, -0.2) is 4.79 Å². The molecule has 0 fully saturated rings. The van der Waals surface area contributed by atoms with Crippen LogP contribution in [0.4, 0.5) is 0 Å². The third-order valence-electron chi connectivity index (χ3n) is 9.45. The van der Waals surface area contributed by atoms with Gasteiger partial charge in [0.15, 0.2) is 0 Å². The molecule has 12 nitrogen and oxygen atoms in total. The van der Waals surface area contributed by atoms with Gasteiger partial charge in [0.2, 0.25) is 5.91 Å². The SMILES string of the molecule is COC(=O)CN1C(=O)c2ccc3c4c(ccc(c24)C1=O)C(=O)N([C@@H](CC(=O)NC(c1ccccc1)(c1ccccc1)c1ccccc1)C(=O)O)C3=O. The summed E-state index contributed by atoms with van der Waals surface area (Å²) in [6.07, 6.45) is -0.796. The second-order valence-corrected chi connectivity index (χ2v) is 12.3. The summed E-state index contributed by atoms with van der Waals surface area (Å²) in [4.78, 5) is 95.2. The number of hydrogen-bond donors (Lipinski definition) is 2. The first kappa shape index (κ1) is 33.5. The second kappa shape index (κ2) is 13.1. The highest BCUT2D eigenvalue weighted by atomic mass is 16.5. The number of hydrogen-bond acceptors (Lipinski definition) is 8. The van der Waals surface area contributed by atoms with Crippen LogP contribution < -0.4 is 5.32 Å². The minimum absolute atomic E-state index is 0.00510. The van der Waals surface area contributed by atoms with Crippen molar-refractivity contribution in [3.63, 3.8) is 0 Å². The van der Waals surface area contributed by atoms with Crippen molar-refractivity contribution in [2.45, 2.75) is 18.0 Å². The number of amides is 5. The maximum atomic E-state index is 14.2. The van der Waals surface area contributed by atoms with Crippen molar-refractivity contribution in [1.82, 2.24) is 15.1 Å². The normalized spacial score (nSPS) is 14.3. The van der Waals surface area contributed by atoms with Crippen LogP contribution in [0.1, 0.15) is 64.5 Å². The van der Waals surface area contributed by atoms with Crippen molar-refractivity contribution < 1.29 is 43.4 Å². The predicted molar refractivity (Wildman–Crippen MR) is 185 cm³/mol. The summed E-state index contributed by atoms with van der Waals surface area (Å²) in [6.45, 7) is -0.646. The number of carboxylic acid groups (broad SMARTS) is 1. The fourth-order valence-electron chi connectivity index (χ4n) is 7.07. The number of carboxylic acids is 1. The first-order chi connectivity index (χ1) is 25.1. The van der Waals surface area contributed by atoms with Gasteiger partial charge in [0.1, 0.15) is 18.1 Å². The van der Waals surface area contributed by atoms with Crippen molar-refractivity contribution in [2.24, 2.45) is 0 Å². The molecule has 0 aliphatic carbocycles. The molecule has 0 bridgehead atoms. The second-order valence-electron chi connectivity index (χ2n) is 12.3. The highest BCUT2D eigenvalue weighted by Gasteiger charge is 2.46. The Morgan fingerprint density at radius 2 is 1.02 bits per heavy atom.